The Morgan fingerprint density at radius 3 is 3.06 bits per heavy atom. The van der Waals surface area contributed by atoms with E-state index in [1.165, 1.54) is 18.6 Å². The Hall–Kier alpha value is -2.18. The summed E-state index contributed by atoms with van der Waals surface area (Å²) >= 11 is 0. The zero-order chi connectivity index (χ0) is 12.8. The first-order valence-corrected chi connectivity index (χ1v) is 5.73. The van der Waals surface area contributed by atoms with E-state index < -0.39 is 0 Å². The topological polar surface area (TPSA) is 84.4 Å². The Labute approximate surface area is 104 Å². The number of hydrogen-bond acceptors (Lipinski definition) is 5. The van der Waals surface area contributed by atoms with E-state index in [1.807, 2.05) is 0 Å². The zero-order valence-corrected chi connectivity index (χ0v) is 9.83. The van der Waals surface area contributed by atoms with Crippen molar-refractivity contribution in [1.82, 2.24) is 20.2 Å². The van der Waals surface area contributed by atoms with Crippen LogP contribution in [0.2, 0.25) is 0 Å². The number of carbonyl (C=O) groups excluding carboxylic acids is 2. The number of aromatic nitrogens is 2. The molecule has 96 valence electrons. The molecule has 0 unspecified atom stereocenters. The van der Waals surface area contributed by atoms with E-state index >= 15 is 0 Å². The van der Waals surface area contributed by atoms with Crippen molar-refractivity contribution in [3.8, 4) is 0 Å². The minimum Gasteiger partial charge on any atom is -0.448 e. The van der Waals surface area contributed by atoms with E-state index in [0.717, 1.165) is 0 Å². The van der Waals surface area contributed by atoms with Crippen molar-refractivity contribution in [2.24, 2.45) is 0 Å². The van der Waals surface area contributed by atoms with Crippen LogP contribution in [0.4, 0.5) is 4.79 Å². The molecule has 0 saturated carbocycles. The summed E-state index contributed by atoms with van der Waals surface area (Å²) in [5, 5.41) is 2.72. The number of ether oxygens (including phenoxy) is 1. The molecule has 18 heavy (non-hydrogen) atoms. The molecular formula is C11H14N4O3. The maximum Gasteiger partial charge on any atom is 0.409 e. The summed E-state index contributed by atoms with van der Waals surface area (Å²) in [7, 11) is 0. The van der Waals surface area contributed by atoms with Gasteiger partial charge in [-0.3, -0.25) is 9.78 Å². The highest BCUT2D eigenvalue weighted by Gasteiger charge is 2.20. The first-order valence-electron chi connectivity index (χ1n) is 5.73. The molecule has 1 aromatic rings. The molecule has 0 bridgehead atoms. The number of rotatable bonds is 5. The Morgan fingerprint density at radius 2 is 2.39 bits per heavy atom. The third-order valence-electron chi connectivity index (χ3n) is 2.53. The summed E-state index contributed by atoms with van der Waals surface area (Å²) in [6, 6.07) is 0. The number of amides is 2. The molecule has 2 amide bonds. The maximum atomic E-state index is 11.6. The van der Waals surface area contributed by atoms with Crippen molar-refractivity contribution in [2.45, 2.75) is 6.42 Å². The van der Waals surface area contributed by atoms with Gasteiger partial charge >= 0.3 is 6.09 Å². The maximum absolute atomic E-state index is 11.6. The average Bonchev–Trinajstić information content (AvgIpc) is 2.81. The molecule has 2 heterocycles. The number of cyclic esters (lactones) is 1. The van der Waals surface area contributed by atoms with E-state index in [9.17, 15) is 9.59 Å². The zero-order valence-electron chi connectivity index (χ0n) is 9.83. The molecule has 1 saturated heterocycles. The summed E-state index contributed by atoms with van der Waals surface area (Å²) < 4.78 is 4.79. The number of nitrogens with one attached hydrogen (secondary N) is 1. The van der Waals surface area contributed by atoms with Crippen LogP contribution in [0.15, 0.2) is 18.6 Å². The lowest BCUT2D eigenvalue weighted by atomic mass is 10.3. The van der Waals surface area contributed by atoms with Gasteiger partial charge in [-0.15, -0.1) is 0 Å². The predicted octanol–water partition coefficient (Wildman–Crippen LogP) is 0.0487. The van der Waals surface area contributed by atoms with Crippen LogP contribution < -0.4 is 5.32 Å². The summed E-state index contributed by atoms with van der Waals surface area (Å²) in [5.41, 5.74) is 0.290. The second kappa shape index (κ2) is 5.95. The number of carbonyl (C=O) groups is 2. The summed E-state index contributed by atoms with van der Waals surface area (Å²) in [5.74, 6) is -0.257. The summed E-state index contributed by atoms with van der Waals surface area (Å²) in [6.45, 7) is 2.14. The molecule has 2 rings (SSSR count). The molecule has 0 aromatic carbocycles. The molecule has 0 atom stereocenters. The van der Waals surface area contributed by atoms with Crippen LogP contribution in [-0.2, 0) is 4.74 Å². The SMILES string of the molecule is O=C(NCCCN1CCOC1=O)c1cnccn1. The molecule has 7 heteroatoms. The van der Waals surface area contributed by atoms with Gasteiger partial charge in [-0.2, -0.15) is 0 Å². The van der Waals surface area contributed by atoms with Crippen LogP contribution in [0.3, 0.4) is 0 Å². The smallest absolute Gasteiger partial charge is 0.409 e. The lowest BCUT2D eigenvalue weighted by molar-refractivity contribution is 0.0947. The summed E-state index contributed by atoms with van der Waals surface area (Å²) in [6.07, 6.45) is 4.79. The average molecular weight is 250 g/mol. The number of nitrogens with zero attached hydrogens (tertiary/aromatic N) is 3. The molecule has 1 aliphatic rings. The van der Waals surface area contributed by atoms with Crippen molar-refractivity contribution >= 4 is 12.0 Å². The standard InChI is InChI=1S/C11H14N4O3/c16-10(9-8-12-3-4-13-9)14-2-1-5-15-6-7-18-11(15)17/h3-4,8H,1-2,5-7H2,(H,14,16). The van der Waals surface area contributed by atoms with Gasteiger partial charge in [0.25, 0.3) is 5.91 Å². The van der Waals surface area contributed by atoms with Crippen LogP contribution in [-0.4, -0.2) is 53.1 Å². The lowest BCUT2D eigenvalue weighted by Crippen LogP contribution is -2.30. The second-order valence-electron chi connectivity index (χ2n) is 3.80. The van der Waals surface area contributed by atoms with Gasteiger partial charge in [0, 0.05) is 25.5 Å². The van der Waals surface area contributed by atoms with Gasteiger partial charge < -0.3 is 15.0 Å². The van der Waals surface area contributed by atoms with Crippen molar-refractivity contribution < 1.29 is 14.3 Å². The van der Waals surface area contributed by atoms with E-state index in [-0.39, 0.29) is 17.7 Å². The minimum absolute atomic E-state index is 0.257. The van der Waals surface area contributed by atoms with E-state index in [0.29, 0.717) is 32.7 Å². The molecule has 1 fully saturated rings. The van der Waals surface area contributed by atoms with Crippen molar-refractivity contribution in [3.63, 3.8) is 0 Å². The number of hydrogen-bond donors (Lipinski definition) is 1. The molecule has 1 aromatic heterocycles. The fourth-order valence-corrected chi connectivity index (χ4v) is 1.61. The van der Waals surface area contributed by atoms with Gasteiger partial charge in [0.05, 0.1) is 12.7 Å². The largest absolute Gasteiger partial charge is 0.448 e. The third-order valence-corrected chi connectivity index (χ3v) is 2.53. The van der Waals surface area contributed by atoms with Gasteiger partial charge in [0.2, 0.25) is 0 Å². The molecule has 0 radical (unpaired) electrons. The third kappa shape index (κ3) is 3.16. The first kappa shape index (κ1) is 12.3. The van der Waals surface area contributed by atoms with Gasteiger partial charge in [-0.25, -0.2) is 9.78 Å². The Bertz CT molecular complexity index is 424. The van der Waals surface area contributed by atoms with Gasteiger partial charge in [0.1, 0.15) is 12.3 Å². The van der Waals surface area contributed by atoms with Crippen LogP contribution in [0, 0.1) is 0 Å². The van der Waals surface area contributed by atoms with Crippen LogP contribution in [0.5, 0.6) is 0 Å². The molecule has 1 N–H and O–H groups in total. The van der Waals surface area contributed by atoms with Crippen LogP contribution in [0.1, 0.15) is 16.9 Å². The molecular weight excluding hydrogens is 236 g/mol. The molecule has 0 spiro atoms. The Morgan fingerprint density at radius 1 is 1.50 bits per heavy atom. The normalized spacial score (nSPS) is 14.4. The van der Waals surface area contributed by atoms with E-state index in [2.05, 4.69) is 15.3 Å². The highest BCUT2D eigenvalue weighted by Crippen LogP contribution is 2.03. The Kier molecular flexibility index (Phi) is 4.06. The van der Waals surface area contributed by atoms with Gasteiger partial charge in [-0.05, 0) is 6.42 Å². The highest BCUT2D eigenvalue weighted by atomic mass is 16.6. The first-order chi connectivity index (χ1) is 8.77. The highest BCUT2D eigenvalue weighted by molar-refractivity contribution is 5.91. The van der Waals surface area contributed by atoms with Gasteiger partial charge in [-0.1, -0.05) is 0 Å². The van der Waals surface area contributed by atoms with Gasteiger partial charge in [0.15, 0.2) is 0 Å². The summed E-state index contributed by atoms with van der Waals surface area (Å²) in [4.78, 5) is 32.0. The van der Waals surface area contributed by atoms with E-state index in [1.54, 1.807) is 4.90 Å². The van der Waals surface area contributed by atoms with E-state index in [4.69, 9.17) is 4.74 Å². The minimum atomic E-state index is -0.282. The van der Waals surface area contributed by atoms with Crippen molar-refractivity contribution in [1.29, 1.82) is 0 Å². The second-order valence-corrected chi connectivity index (χ2v) is 3.80. The Balaban J connectivity index is 1.66. The molecule has 0 aliphatic carbocycles. The van der Waals surface area contributed by atoms with Crippen LogP contribution in [0.25, 0.3) is 0 Å². The quantitative estimate of drug-likeness (QED) is 0.746. The molecule has 7 nitrogen and oxygen atoms in total. The van der Waals surface area contributed by atoms with Crippen LogP contribution >= 0.6 is 0 Å². The fourth-order valence-electron chi connectivity index (χ4n) is 1.61. The monoisotopic (exact) mass is 250 g/mol. The lowest BCUT2D eigenvalue weighted by Gasteiger charge is -2.12. The van der Waals surface area contributed by atoms with Crippen molar-refractivity contribution in [2.75, 3.05) is 26.2 Å². The van der Waals surface area contributed by atoms with Crippen molar-refractivity contribution in [3.05, 3.63) is 24.3 Å². The molecule has 1 aliphatic heterocycles. The fraction of sp³-hybridized carbons (Fsp3) is 0.455. The predicted molar refractivity (Wildman–Crippen MR) is 61.9 cm³/mol.